The Balaban J connectivity index is 2.24. The highest BCUT2D eigenvalue weighted by molar-refractivity contribution is 5.96. The number of benzene rings is 1. The number of carbonyl (C=O) groups excluding carboxylic acids is 2. The lowest BCUT2D eigenvalue weighted by Gasteiger charge is -2.12. The minimum Gasteiger partial charge on any atom is -0.467 e. The van der Waals surface area contributed by atoms with Crippen LogP contribution in [0.1, 0.15) is 22.8 Å². The minimum atomic E-state index is -1.02. The Morgan fingerprint density at radius 2 is 1.96 bits per heavy atom. The summed E-state index contributed by atoms with van der Waals surface area (Å²) in [6, 6.07) is 5.15. The molecule has 1 N–H and O–H groups in total. The number of pyridine rings is 1. The molecular formula is C17H16F2N2O4. The van der Waals surface area contributed by atoms with Crippen molar-refractivity contribution in [3.63, 3.8) is 0 Å². The zero-order chi connectivity index (χ0) is 18.6. The van der Waals surface area contributed by atoms with Crippen LogP contribution in [-0.2, 0) is 16.1 Å². The molecule has 132 valence electrons. The maximum atomic E-state index is 13.3. The number of nitrogens with one attached hydrogen (secondary N) is 1. The lowest BCUT2D eigenvalue weighted by atomic mass is 10.2. The van der Waals surface area contributed by atoms with Crippen molar-refractivity contribution in [1.82, 2.24) is 9.88 Å². The van der Waals surface area contributed by atoms with Crippen molar-refractivity contribution >= 4 is 11.9 Å². The highest BCUT2D eigenvalue weighted by Crippen LogP contribution is 2.09. The van der Waals surface area contributed by atoms with E-state index in [0.29, 0.717) is 5.56 Å². The van der Waals surface area contributed by atoms with E-state index in [9.17, 15) is 23.2 Å². The third-order valence-corrected chi connectivity index (χ3v) is 3.50. The van der Waals surface area contributed by atoms with Crippen LogP contribution in [0.15, 0.2) is 41.3 Å². The first kappa shape index (κ1) is 18.3. The summed E-state index contributed by atoms with van der Waals surface area (Å²) in [6.45, 7) is 1.39. The van der Waals surface area contributed by atoms with Crippen molar-refractivity contribution < 1.29 is 23.1 Å². The number of hydrogen-bond acceptors (Lipinski definition) is 4. The zero-order valence-corrected chi connectivity index (χ0v) is 13.6. The van der Waals surface area contributed by atoms with E-state index in [0.717, 1.165) is 12.1 Å². The molecule has 0 aliphatic heterocycles. The molecular weight excluding hydrogens is 334 g/mol. The fourth-order valence-electron chi connectivity index (χ4n) is 2.18. The highest BCUT2D eigenvalue weighted by atomic mass is 19.2. The summed E-state index contributed by atoms with van der Waals surface area (Å²) < 4.78 is 31.9. The Hall–Kier alpha value is -3.03. The van der Waals surface area contributed by atoms with Gasteiger partial charge in [0.2, 0.25) is 0 Å². The molecule has 8 heteroatoms. The molecule has 1 amide bonds. The molecule has 0 bridgehead atoms. The predicted molar refractivity (Wildman–Crippen MR) is 85.1 cm³/mol. The molecule has 0 radical (unpaired) electrons. The van der Waals surface area contributed by atoms with E-state index in [1.807, 2.05) is 0 Å². The Morgan fingerprint density at radius 3 is 2.60 bits per heavy atom. The summed E-state index contributed by atoms with van der Waals surface area (Å²) in [6.07, 6.45) is 1.42. The zero-order valence-electron chi connectivity index (χ0n) is 13.6. The highest BCUT2D eigenvalue weighted by Gasteiger charge is 2.19. The number of rotatable bonds is 5. The van der Waals surface area contributed by atoms with Crippen LogP contribution in [0.4, 0.5) is 8.78 Å². The van der Waals surface area contributed by atoms with Crippen LogP contribution >= 0.6 is 0 Å². The number of aromatic nitrogens is 1. The van der Waals surface area contributed by atoms with Gasteiger partial charge in [-0.2, -0.15) is 0 Å². The molecule has 0 aliphatic rings. The van der Waals surface area contributed by atoms with E-state index in [1.165, 1.54) is 43.0 Å². The predicted octanol–water partition coefficient (Wildman–Crippen LogP) is 1.47. The Labute approximate surface area is 142 Å². The number of nitrogens with zero attached hydrogens (tertiary/aromatic N) is 1. The number of hydrogen-bond donors (Lipinski definition) is 1. The number of esters is 1. The molecule has 1 heterocycles. The SMILES string of the molecule is COC(=O)[C@H](C)NC(=O)c1cccn(Cc2ccc(F)c(F)c2)c1=O. The number of ether oxygens (including phenoxy) is 1. The fraction of sp³-hybridized carbons (Fsp3) is 0.235. The maximum absolute atomic E-state index is 13.3. The molecule has 2 rings (SSSR count). The molecule has 0 saturated carbocycles. The number of methoxy groups -OCH3 is 1. The minimum absolute atomic E-state index is 0.0380. The van der Waals surface area contributed by atoms with Crippen molar-refractivity contribution in [2.24, 2.45) is 0 Å². The van der Waals surface area contributed by atoms with Gasteiger partial charge in [-0.25, -0.2) is 13.6 Å². The van der Waals surface area contributed by atoms with Gasteiger partial charge in [0.05, 0.1) is 13.7 Å². The Kier molecular flexibility index (Phi) is 5.63. The van der Waals surface area contributed by atoms with Gasteiger partial charge in [0.25, 0.3) is 11.5 Å². The average molecular weight is 350 g/mol. The third kappa shape index (κ3) is 4.28. The van der Waals surface area contributed by atoms with Gasteiger partial charge in [0.15, 0.2) is 11.6 Å². The van der Waals surface area contributed by atoms with E-state index >= 15 is 0 Å². The summed E-state index contributed by atoms with van der Waals surface area (Å²) in [4.78, 5) is 35.9. The van der Waals surface area contributed by atoms with Crippen molar-refractivity contribution in [3.8, 4) is 0 Å². The van der Waals surface area contributed by atoms with Crippen LogP contribution in [0.25, 0.3) is 0 Å². The average Bonchev–Trinajstić information content (AvgIpc) is 2.59. The molecule has 0 fully saturated rings. The lowest BCUT2D eigenvalue weighted by molar-refractivity contribution is -0.142. The van der Waals surface area contributed by atoms with Gasteiger partial charge in [0.1, 0.15) is 11.6 Å². The molecule has 1 aromatic carbocycles. The maximum Gasteiger partial charge on any atom is 0.328 e. The monoisotopic (exact) mass is 350 g/mol. The summed E-state index contributed by atoms with van der Waals surface area (Å²) in [5, 5.41) is 2.36. The largest absolute Gasteiger partial charge is 0.467 e. The molecule has 0 spiro atoms. The lowest BCUT2D eigenvalue weighted by Crippen LogP contribution is -2.41. The number of amides is 1. The Morgan fingerprint density at radius 1 is 1.24 bits per heavy atom. The van der Waals surface area contributed by atoms with Crippen LogP contribution in [0.2, 0.25) is 0 Å². The Bertz CT molecular complexity index is 864. The van der Waals surface area contributed by atoms with Crippen LogP contribution in [-0.4, -0.2) is 29.6 Å². The second kappa shape index (κ2) is 7.69. The first-order chi connectivity index (χ1) is 11.8. The van der Waals surface area contributed by atoms with Gasteiger partial charge in [-0.15, -0.1) is 0 Å². The summed E-state index contributed by atoms with van der Waals surface area (Å²) in [5.74, 6) is -3.39. The molecule has 0 aliphatic carbocycles. The summed E-state index contributed by atoms with van der Waals surface area (Å²) in [7, 11) is 1.18. The quantitative estimate of drug-likeness (QED) is 0.829. The second-order valence-corrected chi connectivity index (χ2v) is 5.32. The molecule has 0 saturated heterocycles. The van der Waals surface area contributed by atoms with E-state index in [4.69, 9.17) is 0 Å². The van der Waals surface area contributed by atoms with Crippen LogP contribution in [0.3, 0.4) is 0 Å². The van der Waals surface area contributed by atoms with Gasteiger partial charge in [-0.3, -0.25) is 9.59 Å². The normalized spacial score (nSPS) is 11.7. The van der Waals surface area contributed by atoms with E-state index in [1.54, 1.807) is 0 Å². The van der Waals surface area contributed by atoms with Gasteiger partial charge < -0.3 is 14.6 Å². The molecule has 1 atom stereocenters. The van der Waals surface area contributed by atoms with Crippen molar-refractivity contribution in [2.45, 2.75) is 19.5 Å². The van der Waals surface area contributed by atoms with Gasteiger partial charge >= 0.3 is 5.97 Å². The number of carbonyl (C=O) groups is 2. The summed E-state index contributed by atoms with van der Waals surface area (Å²) >= 11 is 0. The van der Waals surface area contributed by atoms with Crippen molar-refractivity contribution in [3.05, 3.63) is 69.6 Å². The summed E-state index contributed by atoms with van der Waals surface area (Å²) in [5.41, 5.74) is -0.441. The number of halogens is 2. The van der Waals surface area contributed by atoms with Crippen molar-refractivity contribution in [1.29, 1.82) is 0 Å². The van der Waals surface area contributed by atoms with Gasteiger partial charge in [-0.05, 0) is 36.8 Å². The second-order valence-electron chi connectivity index (χ2n) is 5.32. The van der Waals surface area contributed by atoms with Crippen LogP contribution < -0.4 is 10.9 Å². The third-order valence-electron chi connectivity index (χ3n) is 3.50. The van der Waals surface area contributed by atoms with E-state index < -0.39 is 35.1 Å². The molecule has 0 unspecified atom stereocenters. The van der Waals surface area contributed by atoms with Crippen LogP contribution in [0, 0.1) is 11.6 Å². The van der Waals surface area contributed by atoms with E-state index in [2.05, 4.69) is 10.1 Å². The van der Waals surface area contributed by atoms with Crippen LogP contribution in [0.5, 0.6) is 0 Å². The molecule has 2 aromatic rings. The smallest absolute Gasteiger partial charge is 0.328 e. The molecule has 6 nitrogen and oxygen atoms in total. The molecule has 25 heavy (non-hydrogen) atoms. The standard InChI is InChI=1S/C17H16F2N2O4/c1-10(17(24)25-2)20-15(22)12-4-3-7-21(16(12)23)9-11-5-6-13(18)14(19)8-11/h3-8,10H,9H2,1-2H3,(H,20,22)/t10-/m0/s1. The first-order valence-corrected chi connectivity index (χ1v) is 7.35. The topological polar surface area (TPSA) is 77.4 Å². The van der Waals surface area contributed by atoms with Crippen molar-refractivity contribution in [2.75, 3.05) is 7.11 Å². The fourth-order valence-corrected chi connectivity index (χ4v) is 2.18. The van der Waals surface area contributed by atoms with Gasteiger partial charge in [0, 0.05) is 6.20 Å². The van der Waals surface area contributed by atoms with E-state index in [-0.39, 0.29) is 12.1 Å². The first-order valence-electron chi connectivity index (χ1n) is 7.35. The molecule has 1 aromatic heterocycles. The van der Waals surface area contributed by atoms with Gasteiger partial charge in [-0.1, -0.05) is 6.07 Å².